The van der Waals surface area contributed by atoms with E-state index in [2.05, 4.69) is 15.5 Å². The number of aromatic nitrogens is 2. The lowest BCUT2D eigenvalue weighted by Crippen LogP contribution is -2.37. The predicted octanol–water partition coefficient (Wildman–Crippen LogP) is 5.89. The summed E-state index contributed by atoms with van der Waals surface area (Å²) in [7, 11) is 0. The number of thioether (sulfide) groups is 1. The number of rotatable bonds is 6. The van der Waals surface area contributed by atoms with Crippen LogP contribution in [0.1, 0.15) is 52.1 Å². The van der Waals surface area contributed by atoms with E-state index in [9.17, 15) is 4.79 Å². The average molecular weight is 432 g/mol. The van der Waals surface area contributed by atoms with Crippen LogP contribution in [0.15, 0.2) is 27.8 Å². The summed E-state index contributed by atoms with van der Waals surface area (Å²) in [5, 5.41) is 12.5. The van der Waals surface area contributed by atoms with Crippen LogP contribution in [0, 0.1) is 5.92 Å². The fourth-order valence-electron chi connectivity index (χ4n) is 2.13. The van der Waals surface area contributed by atoms with Gasteiger partial charge in [0.25, 0.3) is 5.22 Å². The monoisotopic (exact) mass is 431 g/mol. The first kappa shape index (κ1) is 21.9. The van der Waals surface area contributed by atoms with Gasteiger partial charge >= 0.3 is 6.09 Å². The van der Waals surface area contributed by atoms with Crippen molar-refractivity contribution >= 4 is 41.1 Å². The van der Waals surface area contributed by atoms with E-state index in [1.54, 1.807) is 32.9 Å². The van der Waals surface area contributed by atoms with Gasteiger partial charge in [-0.05, 0) is 44.4 Å². The van der Waals surface area contributed by atoms with Crippen molar-refractivity contribution in [3.8, 4) is 0 Å². The van der Waals surface area contributed by atoms with Crippen LogP contribution in [-0.2, 0) is 10.5 Å². The molecule has 1 heterocycles. The fraction of sp³-hybridized carbons (Fsp3) is 0.500. The molecule has 0 saturated carbocycles. The molecule has 2 rings (SSSR count). The number of carbonyl (C=O) groups excluding carboxylic acids is 1. The minimum absolute atomic E-state index is 0.0431. The van der Waals surface area contributed by atoms with Gasteiger partial charge < -0.3 is 14.5 Å². The highest BCUT2D eigenvalue weighted by Crippen LogP contribution is 2.30. The second kappa shape index (κ2) is 9.17. The maximum atomic E-state index is 12.1. The summed E-state index contributed by atoms with van der Waals surface area (Å²) in [6.07, 6.45) is -0.526. The molecule has 6 nitrogen and oxygen atoms in total. The molecule has 1 amide bonds. The van der Waals surface area contributed by atoms with Gasteiger partial charge in [0.1, 0.15) is 11.6 Å². The zero-order valence-corrected chi connectivity index (χ0v) is 18.2. The second-order valence-corrected chi connectivity index (χ2v) is 9.07. The molecule has 0 aliphatic rings. The van der Waals surface area contributed by atoms with Crippen molar-refractivity contribution in [2.75, 3.05) is 0 Å². The van der Waals surface area contributed by atoms with Gasteiger partial charge in [0.15, 0.2) is 0 Å². The SMILES string of the molecule is CC(C)[C@@H](NC(=O)OC(C)(C)C)c1nnc(SCc2ccc(Cl)cc2Cl)o1. The Bertz CT molecular complexity index is 790. The highest BCUT2D eigenvalue weighted by molar-refractivity contribution is 7.98. The van der Waals surface area contributed by atoms with Gasteiger partial charge in [-0.15, -0.1) is 10.2 Å². The van der Waals surface area contributed by atoms with Crippen molar-refractivity contribution in [3.05, 3.63) is 39.7 Å². The van der Waals surface area contributed by atoms with Crippen LogP contribution in [0.3, 0.4) is 0 Å². The molecule has 0 saturated heterocycles. The molecular formula is C18H23Cl2N3O3S. The Labute approximate surface area is 173 Å². The number of alkyl carbamates (subject to hydrolysis) is 1. The van der Waals surface area contributed by atoms with Gasteiger partial charge in [0.05, 0.1) is 0 Å². The summed E-state index contributed by atoms with van der Waals surface area (Å²) >= 11 is 13.4. The molecule has 0 spiro atoms. The number of nitrogens with one attached hydrogen (secondary N) is 1. The molecule has 1 atom stereocenters. The molecule has 0 bridgehead atoms. The van der Waals surface area contributed by atoms with Gasteiger partial charge in [-0.25, -0.2) is 4.79 Å². The molecule has 148 valence electrons. The summed E-state index contributed by atoms with van der Waals surface area (Å²) in [5.74, 6) is 0.936. The first-order valence-electron chi connectivity index (χ1n) is 8.45. The summed E-state index contributed by atoms with van der Waals surface area (Å²) in [5.41, 5.74) is 0.331. The van der Waals surface area contributed by atoms with Crippen LogP contribution >= 0.6 is 35.0 Å². The minimum atomic E-state index is -0.584. The van der Waals surface area contributed by atoms with Crippen LogP contribution in [0.5, 0.6) is 0 Å². The maximum Gasteiger partial charge on any atom is 0.408 e. The first-order valence-corrected chi connectivity index (χ1v) is 10.2. The number of ether oxygens (including phenoxy) is 1. The molecule has 9 heteroatoms. The normalized spacial score (nSPS) is 12.9. The Balaban J connectivity index is 2.03. The summed E-state index contributed by atoms with van der Waals surface area (Å²) in [6, 6.07) is 4.89. The van der Waals surface area contributed by atoms with Crippen molar-refractivity contribution in [1.82, 2.24) is 15.5 Å². The standard InChI is InChI=1S/C18H23Cl2N3O3S/c1-10(2)14(21-16(24)26-18(3,4)5)15-22-23-17(25-15)27-9-11-6-7-12(19)8-13(11)20/h6-8,10,14H,9H2,1-5H3,(H,21,24)/t14-/m1/s1. The molecule has 0 aliphatic heterocycles. The van der Waals surface area contributed by atoms with Crippen LogP contribution in [0.4, 0.5) is 4.79 Å². The molecule has 1 aromatic heterocycles. The molecule has 0 aliphatic carbocycles. The highest BCUT2D eigenvalue weighted by atomic mass is 35.5. The predicted molar refractivity (Wildman–Crippen MR) is 107 cm³/mol. The topological polar surface area (TPSA) is 77.2 Å². The summed E-state index contributed by atoms with van der Waals surface area (Å²) in [6.45, 7) is 9.32. The number of amides is 1. The number of hydrogen-bond acceptors (Lipinski definition) is 6. The molecule has 0 fully saturated rings. The zero-order valence-electron chi connectivity index (χ0n) is 15.9. The van der Waals surface area contributed by atoms with Crippen molar-refractivity contribution in [1.29, 1.82) is 0 Å². The Morgan fingerprint density at radius 3 is 2.59 bits per heavy atom. The molecule has 27 heavy (non-hydrogen) atoms. The number of benzene rings is 1. The van der Waals surface area contributed by atoms with Gasteiger partial charge in [-0.2, -0.15) is 0 Å². The average Bonchev–Trinajstić information content (AvgIpc) is 2.98. The molecular weight excluding hydrogens is 409 g/mol. The summed E-state index contributed by atoms with van der Waals surface area (Å²) < 4.78 is 11.0. The smallest absolute Gasteiger partial charge is 0.408 e. The summed E-state index contributed by atoms with van der Waals surface area (Å²) in [4.78, 5) is 12.1. The molecule has 1 aromatic carbocycles. The van der Waals surface area contributed by atoms with Crippen LogP contribution in [0.25, 0.3) is 0 Å². The Morgan fingerprint density at radius 1 is 1.30 bits per heavy atom. The highest BCUT2D eigenvalue weighted by Gasteiger charge is 2.27. The quantitative estimate of drug-likeness (QED) is 0.574. The van der Waals surface area contributed by atoms with E-state index >= 15 is 0 Å². The Kier molecular flexibility index (Phi) is 7.42. The van der Waals surface area contributed by atoms with E-state index in [-0.39, 0.29) is 5.92 Å². The molecule has 0 unspecified atom stereocenters. The lowest BCUT2D eigenvalue weighted by Gasteiger charge is -2.23. The van der Waals surface area contributed by atoms with Gasteiger partial charge in [0.2, 0.25) is 5.89 Å². The second-order valence-electron chi connectivity index (χ2n) is 7.30. The van der Waals surface area contributed by atoms with Gasteiger partial charge in [-0.3, -0.25) is 0 Å². The minimum Gasteiger partial charge on any atom is -0.444 e. The van der Waals surface area contributed by atoms with E-state index < -0.39 is 17.7 Å². The Morgan fingerprint density at radius 2 is 2.00 bits per heavy atom. The van der Waals surface area contributed by atoms with Crippen molar-refractivity contribution in [3.63, 3.8) is 0 Å². The molecule has 2 aromatic rings. The molecule has 0 radical (unpaired) electrons. The van der Waals surface area contributed by atoms with E-state index in [4.69, 9.17) is 32.4 Å². The van der Waals surface area contributed by atoms with E-state index in [0.717, 1.165) is 5.56 Å². The maximum absolute atomic E-state index is 12.1. The lowest BCUT2D eigenvalue weighted by molar-refractivity contribution is 0.0477. The number of halogens is 2. The number of nitrogens with zero attached hydrogens (tertiary/aromatic N) is 2. The van der Waals surface area contributed by atoms with Crippen LogP contribution < -0.4 is 5.32 Å². The van der Waals surface area contributed by atoms with Crippen molar-refractivity contribution in [2.45, 2.75) is 57.2 Å². The number of hydrogen-bond donors (Lipinski definition) is 1. The third-order valence-corrected chi connectivity index (χ3v) is 4.85. The van der Waals surface area contributed by atoms with Crippen LogP contribution in [-0.4, -0.2) is 21.9 Å². The van der Waals surface area contributed by atoms with E-state index in [1.165, 1.54) is 11.8 Å². The molecule has 1 N–H and O–H groups in total. The largest absolute Gasteiger partial charge is 0.444 e. The lowest BCUT2D eigenvalue weighted by atomic mass is 10.1. The number of carbonyl (C=O) groups is 1. The first-order chi connectivity index (χ1) is 12.5. The van der Waals surface area contributed by atoms with Gasteiger partial charge in [0, 0.05) is 15.8 Å². The third kappa shape index (κ3) is 6.90. The van der Waals surface area contributed by atoms with Crippen LogP contribution in [0.2, 0.25) is 10.0 Å². The van der Waals surface area contributed by atoms with E-state index in [1.807, 2.05) is 19.9 Å². The fourth-order valence-corrected chi connectivity index (χ4v) is 3.46. The van der Waals surface area contributed by atoms with Gasteiger partial charge in [-0.1, -0.05) is 54.9 Å². The van der Waals surface area contributed by atoms with Crippen molar-refractivity contribution in [2.24, 2.45) is 5.92 Å². The third-order valence-electron chi connectivity index (χ3n) is 3.39. The van der Waals surface area contributed by atoms with E-state index in [0.29, 0.717) is 26.9 Å². The Hall–Kier alpha value is -1.44. The zero-order chi connectivity index (χ0) is 20.2. The van der Waals surface area contributed by atoms with Crippen molar-refractivity contribution < 1.29 is 13.9 Å².